The standard InChI is InChI=1S/C20H27NO3S/c1-5-10-19(22)20(11-9-16-21(7-3)8-4)25(23,24)18-14-12-17(6-2)13-15-18/h6,9,11-16H,2,5,7-8,10H2,1,3-4H3/b16-9+,20-11-. The number of rotatable bonds is 10. The molecule has 1 rings (SSSR count). The summed E-state index contributed by atoms with van der Waals surface area (Å²) in [6.07, 6.45) is 7.28. The van der Waals surface area contributed by atoms with Crippen molar-refractivity contribution in [2.45, 2.75) is 38.5 Å². The normalized spacial score (nSPS) is 12.4. The fourth-order valence-electron chi connectivity index (χ4n) is 2.28. The van der Waals surface area contributed by atoms with E-state index in [2.05, 4.69) is 6.58 Å². The number of Topliss-reactive ketones (excluding diaryl/α,β-unsaturated/α-hetero) is 1. The highest BCUT2D eigenvalue weighted by Gasteiger charge is 2.25. The van der Waals surface area contributed by atoms with E-state index in [-0.39, 0.29) is 22.0 Å². The molecule has 0 spiro atoms. The molecule has 0 N–H and O–H groups in total. The summed E-state index contributed by atoms with van der Waals surface area (Å²) in [5.74, 6) is -0.362. The largest absolute Gasteiger partial charge is 0.378 e. The van der Waals surface area contributed by atoms with Gasteiger partial charge in [-0.3, -0.25) is 4.79 Å². The van der Waals surface area contributed by atoms with E-state index in [0.717, 1.165) is 18.7 Å². The average Bonchev–Trinajstić information content (AvgIpc) is 2.62. The molecule has 1 aromatic rings. The van der Waals surface area contributed by atoms with E-state index in [1.165, 1.54) is 18.2 Å². The molecule has 0 amide bonds. The van der Waals surface area contributed by atoms with Crippen molar-refractivity contribution in [1.82, 2.24) is 4.90 Å². The maximum Gasteiger partial charge on any atom is 0.210 e. The fourth-order valence-corrected chi connectivity index (χ4v) is 3.69. The van der Waals surface area contributed by atoms with E-state index < -0.39 is 9.84 Å². The summed E-state index contributed by atoms with van der Waals surface area (Å²) in [7, 11) is -3.85. The Morgan fingerprint density at radius 3 is 2.20 bits per heavy atom. The van der Waals surface area contributed by atoms with Crippen LogP contribution in [0.4, 0.5) is 0 Å². The first kappa shape index (κ1) is 20.9. The molecule has 136 valence electrons. The second-order valence-corrected chi connectivity index (χ2v) is 7.46. The number of hydrogen-bond donors (Lipinski definition) is 0. The van der Waals surface area contributed by atoms with Crippen molar-refractivity contribution in [1.29, 1.82) is 0 Å². The van der Waals surface area contributed by atoms with E-state index >= 15 is 0 Å². The third kappa shape index (κ3) is 5.71. The van der Waals surface area contributed by atoms with Crippen molar-refractivity contribution in [2.24, 2.45) is 0 Å². The van der Waals surface area contributed by atoms with Gasteiger partial charge < -0.3 is 4.90 Å². The fraction of sp³-hybridized carbons (Fsp3) is 0.350. The van der Waals surface area contributed by atoms with Crippen molar-refractivity contribution in [3.8, 4) is 0 Å². The van der Waals surface area contributed by atoms with Crippen LogP contribution in [-0.4, -0.2) is 32.2 Å². The quantitative estimate of drug-likeness (QED) is 0.463. The minimum atomic E-state index is -3.85. The molecule has 25 heavy (non-hydrogen) atoms. The van der Waals surface area contributed by atoms with Crippen LogP contribution in [0.15, 0.2) is 59.0 Å². The van der Waals surface area contributed by atoms with Gasteiger partial charge in [-0.2, -0.15) is 0 Å². The molecule has 0 radical (unpaired) electrons. The molecule has 4 nitrogen and oxygen atoms in total. The van der Waals surface area contributed by atoms with Gasteiger partial charge in [0.25, 0.3) is 0 Å². The van der Waals surface area contributed by atoms with Crippen LogP contribution < -0.4 is 0 Å². The monoisotopic (exact) mass is 361 g/mol. The second kappa shape index (κ2) is 9.99. The molecule has 0 heterocycles. The lowest BCUT2D eigenvalue weighted by Crippen LogP contribution is -2.16. The highest BCUT2D eigenvalue weighted by molar-refractivity contribution is 7.96. The van der Waals surface area contributed by atoms with Crippen LogP contribution in [0.5, 0.6) is 0 Å². The van der Waals surface area contributed by atoms with Crippen LogP contribution in [-0.2, 0) is 14.6 Å². The number of benzene rings is 1. The highest BCUT2D eigenvalue weighted by Crippen LogP contribution is 2.22. The van der Waals surface area contributed by atoms with E-state index in [4.69, 9.17) is 0 Å². The molecule has 0 aromatic heterocycles. The zero-order chi connectivity index (χ0) is 18.9. The number of allylic oxidation sites excluding steroid dienone is 3. The van der Waals surface area contributed by atoms with Crippen molar-refractivity contribution in [2.75, 3.05) is 13.1 Å². The van der Waals surface area contributed by atoms with E-state index in [1.807, 2.05) is 25.7 Å². The summed E-state index contributed by atoms with van der Waals surface area (Å²) in [5, 5.41) is 0. The third-order valence-corrected chi connectivity index (χ3v) is 5.66. The lowest BCUT2D eigenvalue weighted by Gasteiger charge is -2.14. The Kier molecular flexibility index (Phi) is 8.35. The van der Waals surface area contributed by atoms with Gasteiger partial charge in [0.05, 0.1) is 4.90 Å². The number of nitrogens with zero attached hydrogens (tertiary/aromatic N) is 1. The van der Waals surface area contributed by atoms with Crippen LogP contribution in [0, 0.1) is 0 Å². The molecular formula is C20H27NO3S. The maximum absolute atomic E-state index is 12.9. The average molecular weight is 362 g/mol. The molecule has 1 aromatic carbocycles. The zero-order valence-electron chi connectivity index (χ0n) is 15.2. The first-order valence-corrected chi connectivity index (χ1v) is 10.0. The van der Waals surface area contributed by atoms with Gasteiger partial charge in [-0.1, -0.05) is 31.7 Å². The Balaban J connectivity index is 3.29. The molecule has 0 saturated carbocycles. The number of sulfone groups is 1. The smallest absolute Gasteiger partial charge is 0.210 e. The predicted octanol–water partition coefficient (Wildman–Crippen LogP) is 4.21. The second-order valence-electron chi connectivity index (χ2n) is 5.54. The Bertz CT molecular complexity index is 740. The Morgan fingerprint density at radius 1 is 1.12 bits per heavy atom. The molecule has 0 aliphatic heterocycles. The van der Waals surface area contributed by atoms with Crippen LogP contribution >= 0.6 is 0 Å². The van der Waals surface area contributed by atoms with Gasteiger partial charge in [0.15, 0.2) is 5.78 Å². The summed E-state index contributed by atoms with van der Waals surface area (Å²) in [4.78, 5) is 14.4. The molecular weight excluding hydrogens is 334 g/mol. The first-order chi connectivity index (χ1) is 11.9. The van der Waals surface area contributed by atoms with Gasteiger partial charge in [0.2, 0.25) is 9.84 Å². The first-order valence-electron chi connectivity index (χ1n) is 8.53. The molecule has 5 heteroatoms. The van der Waals surface area contributed by atoms with Gasteiger partial charge in [-0.05, 0) is 56.3 Å². The van der Waals surface area contributed by atoms with Crippen molar-refractivity contribution >= 4 is 21.7 Å². The van der Waals surface area contributed by atoms with Gasteiger partial charge in [-0.25, -0.2) is 8.42 Å². The van der Waals surface area contributed by atoms with Crippen molar-refractivity contribution in [3.05, 3.63) is 59.7 Å². The number of carbonyl (C=O) groups is 1. The lowest BCUT2D eigenvalue weighted by atomic mass is 10.2. The lowest BCUT2D eigenvalue weighted by molar-refractivity contribution is -0.115. The molecule has 0 aliphatic carbocycles. The van der Waals surface area contributed by atoms with Crippen molar-refractivity contribution < 1.29 is 13.2 Å². The molecule has 0 unspecified atom stereocenters. The van der Waals surface area contributed by atoms with Crippen LogP contribution in [0.3, 0.4) is 0 Å². The Morgan fingerprint density at radius 2 is 1.72 bits per heavy atom. The maximum atomic E-state index is 12.9. The molecule has 0 fully saturated rings. The summed E-state index contributed by atoms with van der Waals surface area (Å²) in [5.41, 5.74) is 0.825. The highest BCUT2D eigenvalue weighted by atomic mass is 32.2. The molecule has 0 atom stereocenters. The third-order valence-electron chi connectivity index (χ3n) is 3.82. The number of ketones is 1. The van der Waals surface area contributed by atoms with E-state index in [9.17, 15) is 13.2 Å². The summed E-state index contributed by atoms with van der Waals surface area (Å²) in [6, 6.07) is 6.36. The van der Waals surface area contributed by atoms with Gasteiger partial charge in [-0.15, -0.1) is 0 Å². The van der Waals surface area contributed by atoms with Crippen molar-refractivity contribution in [3.63, 3.8) is 0 Å². The predicted molar refractivity (Wildman–Crippen MR) is 104 cm³/mol. The minimum absolute atomic E-state index is 0.116. The minimum Gasteiger partial charge on any atom is -0.378 e. The SMILES string of the molecule is C=Cc1ccc(S(=O)(=O)/C(=C\C=C\N(CC)CC)C(=O)CCC)cc1. The van der Waals surface area contributed by atoms with Crippen LogP contribution in [0.2, 0.25) is 0 Å². The topological polar surface area (TPSA) is 54.5 Å². The summed E-state index contributed by atoms with van der Waals surface area (Å²) < 4.78 is 25.8. The summed E-state index contributed by atoms with van der Waals surface area (Å²) >= 11 is 0. The van der Waals surface area contributed by atoms with Crippen LogP contribution in [0.1, 0.15) is 39.2 Å². The number of hydrogen-bond acceptors (Lipinski definition) is 4. The molecule has 0 aliphatic rings. The summed E-state index contributed by atoms with van der Waals surface area (Å²) in [6.45, 7) is 11.2. The van der Waals surface area contributed by atoms with Crippen LogP contribution in [0.25, 0.3) is 6.08 Å². The Labute approximate surface area is 151 Å². The van der Waals surface area contributed by atoms with Gasteiger partial charge >= 0.3 is 0 Å². The van der Waals surface area contributed by atoms with Gasteiger partial charge in [0.1, 0.15) is 4.91 Å². The van der Waals surface area contributed by atoms with E-state index in [1.54, 1.807) is 30.5 Å². The number of carbonyl (C=O) groups excluding carboxylic acids is 1. The zero-order valence-corrected chi connectivity index (χ0v) is 16.1. The molecule has 0 bridgehead atoms. The van der Waals surface area contributed by atoms with E-state index in [0.29, 0.717) is 6.42 Å². The molecule has 0 saturated heterocycles. The van der Waals surface area contributed by atoms with Gasteiger partial charge in [0, 0.05) is 19.5 Å². The Hall–Kier alpha value is -2.14.